The van der Waals surface area contributed by atoms with Crippen molar-refractivity contribution in [2.45, 2.75) is 25.6 Å². The molecule has 2 atom stereocenters. The summed E-state index contributed by atoms with van der Waals surface area (Å²) >= 11 is 0. The largest absolute Gasteiger partial charge is 0.468 e. The zero-order chi connectivity index (χ0) is 16.2. The van der Waals surface area contributed by atoms with Gasteiger partial charge in [0.05, 0.1) is 5.56 Å². The van der Waals surface area contributed by atoms with Crippen LogP contribution >= 0.6 is 0 Å². The predicted octanol–water partition coefficient (Wildman–Crippen LogP) is 1.75. The van der Waals surface area contributed by atoms with Crippen LogP contribution in [0.2, 0.25) is 0 Å². The molecule has 2 unspecified atom stereocenters. The fourth-order valence-electron chi connectivity index (χ4n) is 2.19. The van der Waals surface area contributed by atoms with E-state index in [0.717, 1.165) is 13.0 Å². The van der Waals surface area contributed by atoms with E-state index in [1.807, 2.05) is 0 Å². The van der Waals surface area contributed by atoms with E-state index in [-0.39, 0.29) is 23.4 Å². The number of carbonyl (C=O) groups excluding carboxylic acids is 1. The van der Waals surface area contributed by atoms with Crippen molar-refractivity contribution in [1.82, 2.24) is 15.6 Å². The number of hydrogen-bond donors (Lipinski definition) is 2. The van der Waals surface area contributed by atoms with Crippen LogP contribution in [0.15, 0.2) is 18.3 Å². The fourth-order valence-corrected chi connectivity index (χ4v) is 2.19. The van der Waals surface area contributed by atoms with Gasteiger partial charge in [0.15, 0.2) is 6.61 Å². The smallest absolute Gasteiger partial charge is 0.422 e. The van der Waals surface area contributed by atoms with E-state index in [9.17, 15) is 18.0 Å². The first-order chi connectivity index (χ1) is 10.3. The predicted molar refractivity (Wildman–Crippen MR) is 73.7 cm³/mol. The lowest BCUT2D eigenvalue weighted by molar-refractivity contribution is -0.154. The van der Waals surface area contributed by atoms with E-state index in [0.29, 0.717) is 12.5 Å². The van der Waals surface area contributed by atoms with Gasteiger partial charge in [0.1, 0.15) is 0 Å². The standard InChI is InChI=1S/C14H18F3N3O2/c1-9-4-5-18-7-11(9)20-13(21)10-2-3-12(19-6-10)22-8-14(15,16)17/h2-3,6,9,11,18H,4-5,7-8H2,1H3,(H,20,21). The molecule has 22 heavy (non-hydrogen) atoms. The monoisotopic (exact) mass is 317 g/mol. The van der Waals surface area contributed by atoms with Crippen LogP contribution in [-0.2, 0) is 0 Å². The van der Waals surface area contributed by atoms with Crippen molar-refractivity contribution >= 4 is 5.91 Å². The second-order valence-electron chi connectivity index (χ2n) is 5.34. The molecule has 0 saturated carbocycles. The van der Waals surface area contributed by atoms with E-state index in [4.69, 9.17) is 0 Å². The molecule has 5 nitrogen and oxygen atoms in total. The van der Waals surface area contributed by atoms with Gasteiger partial charge >= 0.3 is 6.18 Å². The summed E-state index contributed by atoms with van der Waals surface area (Å²) in [7, 11) is 0. The van der Waals surface area contributed by atoms with Crippen molar-refractivity contribution in [1.29, 1.82) is 0 Å². The van der Waals surface area contributed by atoms with Crippen molar-refractivity contribution < 1.29 is 22.7 Å². The first-order valence-electron chi connectivity index (χ1n) is 7.02. The average molecular weight is 317 g/mol. The quantitative estimate of drug-likeness (QED) is 0.888. The lowest BCUT2D eigenvalue weighted by atomic mass is 9.94. The molecule has 1 fully saturated rings. The zero-order valence-electron chi connectivity index (χ0n) is 12.1. The molecular formula is C14H18F3N3O2. The minimum atomic E-state index is -4.41. The molecule has 0 radical (unpaired) electrons. The summed E-state index contributed by atoms with van der Waals surface area (Å²) in [5.41, 5.74) is 0.289. The van der Waals surface area contributed by atoms with Crippen LogP contribution in [0.25, 0.3) is 0 Å². The molecule has 2 heterocycles. The minimum Gasteiger partial charge on any atom is -0.468 e. The Morgan fingerprint density at radius 3 is 2.86 bits per heavy atom. The topological polar surface area (TPSA) is 63.2 Å². The molecular weight excluding hydrogens is 299 g/mol. The van der Waals surface area contributed by atoms with Gasteiger partial charge < -0.3 is 15.4 Å². The third-order valence-electron chi connectivity index (χ3n) is 3.53. The maximum atomic E-state index is 12.1. The zero-order valence-corrected chi connectivity index (χ0v) is 12.1. The Hall–Kier alpha value is -1.83. The Bertz CT molecular complexity index is 505. The number of aromatic nitrogens is 1. The molecule has 8 heteroatoms. The van der Waals surface area contributed by atoms with Crippen molar-refractivity contribution in [3.63, 3.8) is 0 Å². The van der Waals surface area contributed by atoms with Crippen LogP contribution in [0.1, 0.15) is 23.7 Å². The second kappa shape index (κ2) is 6.95. The summed E-state index contributed by atoms with van der Waals surface area (Å²) < 4.78 is 40.6. The first-order valence-corrected chi connectivity index (χ1v) is 7.02. The lowest BCUT2D eigenvalue weighted by Gasteiger charge is -2.30. The van der Waals surface area contributed by atoms with Crippen LogP contribution in [-0.4, -0.2) is 42.8 Å². The highest BCUT2D eigenvalue weighted by atomic mass is 19.4. The van der Waals surface area contributed by atoms with Gasteiger partial charge in [0, 0.05) is 24.8 Å². The Kier molecular flexibility index (Phi) is 5.23. The SMILES string of the molecule is CC1CCNCC1NC(=O)c1ccc(OCC(F)(F)F)nc1. The van der Waals surface area contributed by atoms with E-state index in [1.54, 1.807) is 0 Å². The summed E-state index contributed by atoms with van der Waals surface area (Å²) in [6, 6.07) is 2.68. The van der Waals surface area contributed by atoms with Crippen LogP contribution < -0.4 is 15.4 Å². The molecule has 0 bridgehead atoms. The average Bonchev–Trinajstić information content (AvgIpc) is 2.47. The Morgan fingerprint density at radius 1 is 1.50 bits per heavy atom. The number of nitrogens with zero attached hydrogens (tertiary/aromatic N) is 1. The first kappa shape index (κ1) is 16.5. The molecule has 2 N–H and O–H groups in total. The Morgan fingerprint density at radius 2 is 2.27 bits per heavy atom. The number of nitrogens with one attached hydrogen (secondary N) is 2. The number of rotatable bonds is 4. The molecule has 0 aliphatic carbocycles. The number of pyridine rings is 1. The maximum Gasteiger partial charge on any atom is 0.422 e. The molecule has 2 rings (SSSR count). The van der Waals surface area contributed by atoms with Gasteiger partial charge in [0.2, 0.25) is 5.88 Å². The Balaban J connectivity index is 1.90. The number of alkyl halides is 3. The Labute approximate surface area is 126 Å². The highest BCUT2D eigenvalue weighted by Gasteiger charge is 2.28. The molecule has 1 aliphatic heterocycles. The van der Waals surface area contributed by atoms with E-state index in [2.05, 4.69) is 27.3 Å². The number of carbonyl (C=O) groups is 1. The van der Waals surface area contributed by atoms with Gasteiger partial charge in [-0.15, -0.1) is 0 Å². The molecule has 1 aromatic heterocycles. The highest BCUT2D eigenvalue weighted by Crippen LogP contribution is 2.17. The number of piperidine rings is 1. The molecule has 1 amide bonds. The number of hydrogen-bond acceptors (Lipinski definition) is 4. The van der Waals surface area contributed by atoms with Crippen LogP contribution in [0.3, 0.4) is 0 Å². The summed E-state index contributed by atoms with van der Waals surface area (Å²) in [6.45, 7) is 2.29. The number of amides is 1. The lowest BCUT2D eigenvalue weighted by Crippen LogP contribution is -2.50. The third-order valence-corrected chi connectivity index (χ3v) is 3.53. The molecule has 0 aromatic carbocycles. The molecule has 1 saturated heterocycles. The molecule has 1 aliphatic rings. The van der Waals surface area contributed by atoms with Crippen LogP contribution in [0, 0.1) is 5.92 Å². The summed E-state index contributed by atoms with van der Waals surface area (Å²) in [6.07, 6.45) is -2.22. The van der Waals surface area contributed by atoms with Crippen molar-refractivity contribution in [3.8, 4) is 5.88 Å². The van der Waals surface area contributed by atoms with Gasteiger partial charge in [0.25, 0.3) is 5.91 Å². The van der Waals surface area contributed by atoms with Gasteiger partial charge in [-0.2, -0.15) is 13.2 Å². The minimum absolute atomic E-state index is 0.0300. The summed E-state index contributed by atoms with van der Waals surface area (Å²) in [5, 5.41) is 6.10. The number of ether oxygens (including phenoxy) is 1. The normalized spacial score (nSPS) is 22.2. The van der Waals surface area contributed by atoms with Gasteiger partial charge in [-0.1, -0.05) is 6.92 Å². The van der Waals surface area contributed by atoms with E-state index >= 15 is 0 Å². The number of halogens is 3. The molecule has 1 aromatic rings. The van der Waals surface area contributed by atoms with Crippen molar-refractivity contribution in [3.05, 3.63) is 23.9 Å². The molecule has 122 valence electrons. The van der Waals surface area contributed by atoms with Crippen molar-refractivity contribution in [2.75, 3.05) is 19.7 Å². The van der Waals surface area contributed by atoms with Gasteiger partial charge in [-0.3, -0.25) is 4.79 Å². The third kappa shape index (κ3) is 4.87. The van der Waals surface area contributed by atoms with E-state index < -0.39 is 12.8 Å². The fraction of sp³-hybridized carbons (Fsp3) is 0.571. The van der Waals surface area contributed by atoms with Crippen LogP contribution in [0.5, 0.6) is 5.88 Å². The van der Waals surface area contributed by atoms with Gasteiger partial charge in [-0.05, 0) is 24.9 Å². The maximum absolute atomic E-state index is 12.1. The highest BCUT2D eigenvalue weighted by molar-refractivity contribution is 5.94. The summed E-state index contributed by atoms with van der Waals surface area (Å²) in [4.78, 5) is 15.8. The van der Waals surface area contributed by atoms with E-state index in [1.165, 1.54) is 18.3 Å². The second-order valence-corrected chi connectivity index (χ2v) is 5.34. The van der Waals surface area contributed by atoms with Crippen molar-refractivity contribution in [2.24, 2.45) is 5.92 Å². The van der Waals surface area contributed by atoms with Gasteiger partial charge in [-0.25, -0.2) is 4.98 Å². The summed E-state index contributed by atoms with van der Waals surface area (Å²) in [5.74, 6) is -0.0930. The van der Waals surface area contributed by atoms with Crippen LogP contribution in [0.4, 0.5) is 13.2 Å². The molecule has 0 spiro atoms.